The van der Waals surface area contributed by atoms with E-state index in [1.807, 2.05) is 0 Å². The van der Waals surface area contributed by atoms with Gasteiger partial charge in [0.05, 0.1) is 46.1 Å². The summed E-state index contributed by atoms with van der Waals surface area (Å²) in [7, 11) is 0. The summed E-state index contributed by atoms with van der Waals surface area (Å²) in [5, 5.41) is 0. The molecule has 1 amide bonds. The summed E-state index contributed by atoms with van der Waals surface area (Å²) in [6.45, 7) is 3.71. The Kier molecular flexibility index (Phi) is 4.82. The first-order valence-electron chi connectivity index (χ1n) is 11.4. The Morgan fingerprint density at radius 2 is 2.00 bits per heavy atom. The minimum absolute atomic E-state index is 0.164. The Bertz CT molecular complexity index is 1560. The lowest BCUT2D eigenvalue weighted by Crippen LogP contribution is -2.50. The highest BCUT2D eigenvalue weighted by molar-refractivity contribution is 5.99. The maximum absolute atomic E-state index is 15.3. The van der Waals surface area contributed by atoms with E-state index in [1.54, 1.807) is 18.2 Å². The molecule has 186 valence electrons. The number of aryl methyl sites for hydroxylation is 1. The third-order valence-electron chi connectivity index (χ3n) is 7.01. The average Bonchev–Trinajstić information content (AvgIpc) is 3.37. The van der Waals surface area contributed by atoms with Crippen LogP contribution in [-0.2, 0) is 17.3 Å². The van der Waals surface area contributed by atoms with Crippen LogP contribution in [0.5, 0.6) is 0 Å². The number of benzene rings is 2. The molecule has 6 rings (SSSR count). The number of ether oxygens (including phenoxy) is 1. The van der Waals surface area contributed by atoms with Gasteiger partial charge < -0.3 is 15.4 Å². The minimum atomic E-state index is -4.48. The zero-order valence-corrected chi connectivity index (χ0v) is 19.3. The van der Waals surface area contributed by atoms with Crippen molar-refractivity contribution in [1.82, 2.24) is 19.3 Å². The number of imidazole rings is 1. The molecule has 0 radical (unpaired) electrons. The first-order chi connectivity index (χ1) is 17.0. The van der Waals surface area contributed by atoms with Crippen molar-refractivity contribution < 1.29 is 27.1 Å². The fourth-order valence-electron chi connectivity index (χ4n) is 5.47. The molecule has 3 atom stereocenters. The van der Waals surface area contributed by atoms with Gasteiger partial charge in [-0.3, -0.25) is 9.20 Å². The maximum atomic E-state index is 15.3. The summed E-state index contributed by atoms with van der Waals surface area (Å²) >= 11 is 0. The minimum Gasteiger partial charge on any atom is -0.382 e. The molecule has 3 heterocycles. The Morgan fingerprint density at radius 3 is 2.75 bits per heavy atom. The molecule has 2 aliphatic rings. The third-order valence-corrected chi connectivity index (χ3v) is 7.01. The van der Waals surface area contributed by atoms with E-state index >= 15 is 4.39 Å². The molecule has 0 bridgehead atoms. The van der Waals surface area contributed by atoms with Crippen molar-refractivity contribution in [2.45, 2.75) is 44.7 Å². The number of morpholine rings is 1. The van der Waals surface area contributed by atoms with Gasteiger partial charge in [-0.1, -0.05) is 6.07 Å². The van der Waals surface area contributed by atoms with Crippen molar-refractivity contribution in [2.24, 2.45) is 0 Å². The number of nitrogen functional groups attached to an aromatic ring is 1. The highest BCUT2D eigenvalue weighted by atomic mass is 19.4. The van der Waals surface area contributed by atoms with Crippen molar-refractivity contribution in [2.75, 3.05) is 12.3 Å². The van der Waals surface area contributed by atoms with Crippen LogP contribution in [0.15, 0.2) is 36.7 Å². The monoisotopic (exact) mass is 499 g/mol. The van der Waals surface area contributed by atoms with Gasteiger partial charge in [0.15, 0.2) is 0 Å². The lowest BCUT2D eigenvalue weighted by atomic mass is 10.0. The normalized spacial score (nSPS) is 21.7. The average molecular weight is 499 g/mol. The highest BCUT2D eigenvalue weighted by Crippen LogP contribution is 2.44. The number of aromatic nitrogens is 3. The predicted octanol–water partition coefficient (Wildman–Crippen LogP) is 4.46. The van der Waals surface area contributed by atoms with Crippen LogP contribution in [0.4, 0.5) is 23.4 Å². The Morgan fingerprint density at radius 1 is 1.22 bits per heavy atom. The summed E-state index contributed by atoms with van der Waals surface area (Å²) in [5.74, 6) is -1.15. The number of alkyl halides is 3. The predicted molar refractivity (Wildman–Crippen MR) is 123 cm³/mol. The van der Waals surface area contributed by atoms with Crippen LogP contribution in [0.25, 0.3) is 16.6 Å². The number of carbonyl (C=O) groups is 1. The molecule has 1 saturated heterocycles. The Hall–Kier alpha value is -3.73. The molecule has 1 fully saturated rings. The summed E-state index contributed by atoms with van der Waals surface area (Å²) in [6, 6.07) is 5.46. The van der Waals surface area contributed by atoms with Crippen LogP contribution in [0, 0.1) is 12.7 Å². The fourth-order valence-corrected chi connectivity index (χ4v) is 5.47. The molecule has 4 aromatic rings. The van der Waals surface area contributed by atoms with E-state index in [0.717, 1.165) is 18.2 Å². The van der Waals surface area contributed by atoms with Gasteiger partial charge >= 0.3 is 6.18 Å². The zero-order valence-electron chi connectivity index (χ0n) is 19.3. The first kappa shape index (κ1) is 22.7. The number of carbonyl (C=O) groups excluding carboxylic acids is 1. The molecule has 0 spiro atoms. The second-order valence-corrected chi connectivity index (χ2v) is 9.37. The molecule has 7 nitrogen and oxygen atoms in total. The molecular weight excluding hydrogens is 478 g/mol. The number of nitrogens with two attached hydrogens (primary N) is 1. The Balaban J connectivity index is 1.45. The first-order valence-corrected chi connectivity index (χ1v) is 11.4. The van der Waals surface area contributed by atoms with E-state index in [9.17, 15) is 18.0 Å². The van der Waals surface area contributed by atoms with E-state index in [4.69, 9.17) is 10.5 Å². The lowest BCUT2D eigenvalue weighted by molar-refractivity contribution is -0.137. The smallest absolute Gasteiger partial charge is 0.382 e. The van der Waals surface area contributed by atoms with Crippen LogP contribution >= 0.6 is 0 Å². The van der Waals surface area contributed by atoms with Crippen molar-refractivity contribution in [3.63, 3.8) is 0 Å². The van der Waals surface area contributed by atoms with Crippen molar-refractivity contribution in [1.29, 1.82) is 0 Å². The van der Waals surface area contributed by atoms with Crippen LogP contribution in [-0.4, -0.2) is 43.9 Å². The third kappa shape index (κ3) is 3.33. The summed E-state index contributed by atoms with van der Waals surface area (Å²) in [4.78, 5) is 23.8. The number of nitrogens with zero attached hydrogens (tertiary/aromatic N) is 4. The van der Waals surface area contributed by atoms with Gasteiger partial charge in [0.1, 0.15) is 23.5 Å². The zero-order chi connectivity index (χ0) is 25.5. The maximum Gasteiger partial charge on any atom is 0.416 e. The molecule has 2 aromatic heterocycles. The number of halogens is 4. The van der Waals surface area contributed by atoms with E-state index in [2.05, 4.69) is 9.97 Å². The van der Waals surface area contributed by atoms with E-state index < -0.39 is 35.6 Å². The van der Waals surface area contributed by atoms with Gasteiger partial charge in [-0.2, -0.15) is 13.2 Å². The van der Waals surface area contributed by atoms with Crippen molar-refractivity contribution in [3.8, 4) is 0 Å². The van der Waals surface area contributed by atoms with E-state index in [-0.39, 0.29) is 36.0 Å². The molecule has 2 aromatic carbocycles. The second-order valence-electron chi connectivity index (χ2n) is 9.37. The molecule has 1 aliphatic carbocycles. The molecule has 36 heavy (non-hydrogen) atoms. The van der Waals surface area contributed by atoms with Gasteiger partial charge in [-0.25, -0.2) is 14.4 Å². The van der Waals surface area contributed by atoms with E-state index in [0.29, 0.717) is 27.9 Å². The van der Waals surface area contributed by atoms with Crippen LogP contribution in [0.3, 0.4) is 0 Å². The van der Waals surface area contributed by atoms with Gasteiger partial charge in [0.2, 0.25) is 0 Å². The fraction of sp³-hybridized carbons (Fsp3) is 0.320. The molecule has 0 unspecified atom stereocenters. The standard InChI is InChI=1S/C25H21F4N5O2/c1-11-9-33(22-15-4-3-14(25(27,28)29)5-13(15)6-20(22)36-11)24(35)16-7-19-18(8-17(16)26)32-23(30)21-12(2)31-10-34(19)21/h3-5,7-8,10-11,20,22H,6,9H2,1-2H3,(H2,30,32)/t11-,20-,22+/m1/s1. The van der Waals surface area contributed by atoms with Gasteiger partial charge in [-0.05, 0) is 43.2 Å². The summed E-state index contributed by atoms with van der Waals surface area (Å²) in [5.41, 5.74) is 8.11. The van der Waals surface area contributed by atoms with Crippen molar-refractivity contribution in [3.05, 3.63) is 70.4 Å². The molecular formula is C25H21F4N5O2. The molecule has 2 N–H and O–H groups in total. The number of fused-ring (bicyclic) bond motifs is 6. The van der Waals surface area contributed by atoms with Gasteiger partial charge in [0.25, 0.3) is 5.91 Å². The largest absolute Gasteiger partial charge is 0.416 e. The lowest BCUT2D eigenvalue weighted by Gasteiger charge is -2.41. The second kappa shape index (κ2) is 7.63. The van der Waals surface area contributed by atoms with E-state index in [1.165, 1.54) is 23.4 Å². The SMILES string of the molecule is Cc1ncn2c1c(N)nc1cc(F)c(C(=O)N3C[C@@H](C)O[C@@H]4Cc5cc(C(F)(F)F)ccc5[C@@H]43)cc12. The highest BCUT2D eigenvalue weighted by Gasteiger charge is 2.45. The summed E-state index contributed by atoms with van der Waals surface area (Å²) < 4.78 is 62.7. The number of hydrogen-bond donors (Lipinski definition) is 1. The number of amides is 1. The number of rotatable bonds is 1. The molecule has 1 aliphatic heterocycles. The van der Waals surface area contributed by atoms with Gasteiger partial charge in [0, 0.05) is 19.0 Å². The number of hydrogen-bond acceptors (Lipinski definition) is 5. The Labute approximate surface area is 202 Å². The molecule has 11 heteroatoms. The topological polar surface area (TPSA) is 85.8 Å². The van der Waals surface area contributed by atoms with Crippen LogP contribution < -0.4 is 5.73 Å². The van der Waals surface area contributed by atoms with Gasteiger partial charge in [-0.15, -0.1) is 0 Å². The molecule has 0 saturated carbocycles. The van der Waals surface area contributed by atoms with Crippen LogP contribution in [0.2, 0.25) is 0 Å². The summed E-state index contributed by atoms with van der Waals surface area (Å²) in [6.07, 6.45) is -3.61. The number of anilines is 1. The quantitative estimate of drug-likeness (QED) is 0.391. The van der Waals surface area contributed by atoms with Crippen LogP contribution in [0.1, 0.15) is 45.7 Å². The van der Waals surface area contributed by atoms with Crippen molar-refractivity contribution >= 4 is 28.3 Å².